The van der Waals surface area contributed by atoms with Crippen molar-refractivity contribution in [3.8, 4) is 5.75 Å². The Hall–Kier alpha value is -2.55. The Bertz CT molecular complexity index is 941. The molecule has 7 nitrogen and oxygen atoms in total. The topological polar surface area (TPSA) is 74.2 Å². The summed E-state index contributed by atoms with van der Waals surface area (Å²) in [7, 11) is 0. The number of nitrogens with one attached hydrogen (secondary N) is 2. The van der Waals surface area contributed by atoms with Gasteiger partial charge in [0, 0.05) is 73.9 Å². The van der Waals surface area contributed by atoms with E-state index in [4.69, 9.17) is 0 Å². The molecule has 0 amide bonds. The van der Waals surface area contributed by atoms with Crippen molar-refractivity contribution in [3.05, 3.63) is 65.5 Å². The highest BCUT2D eigenvalue weighted by molar-refractivity contribution is 5.40. The van der Waals surface area contributed by atoms with E-state index in [1.807, 2.05) is 13.1 Å². The van der Waals surface area contributed by atoms with Crippen LogP contribution in [0.4, 0.5) is 4.39 Å². The molecule has 3 heterocycles. The van der Waals surface area contributed by atoms with Gasteiger partial charge in [-0.2, -0.15) is 0 Å². The number of phenolic OH excluding ortho intramolecular Hbond substituents is 1. The highest BCUT2D eigenvalue weighted by atomic mass is 19.1. The molecule has 1 aromatic carbocycles. The maximum atomic E-state index is 14.1. The molecule has 0 aliphatic carbocycles. The van der Waals surface area contributed by atoms with Crippen LogP contribution >= 0.6 is 0 Å². The summed E-state index contributed by atoms with van der Waals surface area (Å²) in [5.41, 5.74) is 2.32. The summed E-state index contributed by atoms with van der Waals surface area (Å²) in [5.74, 6) is -0.0453. The Morgan fingerprint density at radius 3 is 2.62 bits per heavy atom. The number of phenols is 1. The van der Waals surface area contributed by atoms with Crippen LogP contribution in [-0.4, -0.2) is 82.4 Å². The highest BCUT2D eigenvalue weighted by Gasteiger charge is 2.35. The summed E-state index contributed by atoms with van der Waals surface area (Å²) in [6.45, 7) is 14.3. The van der Waals surface area contributed by atoms with Crippen molar-refractivity contribution in [1.82, 2.24) is 25.3 Å². The molecule has 1 aromatic rings. The number of likely N-dealkylation sites (tertiary alicyclic amines) is 1. The van der Waals surface area contributed by atoms with Gasteiger partial charge in [-0.1, -0.05) is 12.6 Å². The largest absolute Gasteiger partial charge is 0.509 e. The van der Waals surface area contributed by atoms with E-state index in [0.717, 1.165) is 63.4 Å². The summed E-state index contributed by atoms with van der Waals surface area (Å²) >= 11 is 0. The lowest BCUT2D eigenvalue weighted by molar-refractivity contribution is 0.00178. The summed E-state index contributed by atoms with van der Waals surface area (Å²) in [6.07, 6.45) is 5.66. The minimum absolute atomic E-state index is 0.0317. The number of dihydropyridines is 1. The highest BCUT2D eigenvalue weighted by Crippen LogP contribution is 2.26. The normalized spacial score (nSPS) is 25.4. The van der Waals surface area contributed by atoms with Crippen molar-refractivity contribution in [2.24, 2.45) is 0 Å². The van der Waals surface area contributed by atoms with Crippen molar-refractivity contribution >= 4 is 0 Å². The number of rotatable bonds is 7. The van der Waals surface area contributed by atoms with Crippen LogP contribution in [0.15, 0.2) is 54.1 Å². The van der Waals surface area contributed by atoms with Gasteiger partial charge in [-0.15, -0.1) is 0 Å². The van der Waals surface area contributed by atoms with Crippen LogP contribution in [0.1, 0.15) is 32.3 Å². The maximum absolute atomic E-state index is 14.1. The Morgan fingerprint density at radius 1 is 1.21 bits per heavy atom. The summed E-state index contributed by atoms with van der Waals surface area (Å²) in [4.78, 5) is 7.21. The molecule has 3 aliphatic heterocycles. The number of aliphatic hydroxyl groups is 1. The summed E-state index contributed by atoms with van der Waals surface area (Å²) in [5, 5.41) is 26.6. The molecule has 0 radical (unpaired) electrons. The van der Waals surface area contributed by atoms with E-state index < -0.39 is 0 Å². The third-order valence-electron chi connectivity index (χ3n) is 7.25. The van der Waals surface area contributed by atoms with Crippen molar-refractivity contribution in [2.45, 2.75) is 51.5 Å². The number of allylic oxidation sites excluding steroid dienone is 1. The average Bonchev–Trinajstić information content (AvgIpc) is 2.81. The molecule has 2 saturated heterocycles. The zero-order valence-electron chi connectivity index (χ0n) is 20.3. The quantitative estimate of drug-likeness (QED) is 0.487. The molecule has 8 heteroatoms. The van der Waals surface area contributed by atoms with Crippen molar-refractivity contribution in [1.29, 1.82) is 0 Å². The molecular weight excluding hydrogens is 433 g/mol. The maximum Gasteiger partial charge on any atom is 0.138 e. The van der Waals surface area contributed by atoms with E-state index in [0.29, 0.717) is 30.0 Å². The number of halogens is 1. The lowest BCUT2D eigenvalue weighted by Crippen LogP contribution is -2.61. The molecular formula is C26H38FN5O2. The van der Waals surface area contributed by atoms with Crippen LogP contribution in [0.2, 0.25) is 0 Å². The molecule has 0 aromatic heterocycles. The molecule has 0 bridgehead atoms. The predicted molar refractivity (Wildman–Crippen MR) is 133 cm³/mol. The first kappa shape index (κ1) is 24.6. The van der Waals surface area contributed by atoms with Gasteiger partial charge < -0.3 is 20.8 Å². The van der Waals surface area contributed by atoms with E-state index >= 15 is 0 Å². The Labute approximate surface area is 202 Å². The van der Waals surface area contributed by atoms with Gasteiger partial charge in [0.25, 0.3) is 0 Å². The summed E-state index contributed by atoms with van der Waals surface area (Å²) in [6, 6.07) is 5.32. The third kappa shape index (κ3) is 5.56. The van der Waals surface area contributed by atoms with Gasteiger partial charge in [-0.25, -0.2) is 4.39 Å². The van der Waals surface area contributed by atoms with Gasteiger partial charge in [0.2, 0.25) is 0 Å². The fourth-order valence-electron chi connectivity index (χ4n) is 5.41. The average molecular weight is 472 g/mol. The molecule has 4 N–H and O–H groups in total. The number of aliphatic hydroxyl groups excluding tert-OH is 1. The minimum atomic E-state index is -0.339. The van der Waals surface area contributed by atoms with E-state index in [1.165, 1.54) is 6.07 Å². The number of hydrogen-bond donors (Lipinski definition) is 4. The second-order valence-electron chi connectivity index (χ2n) is 9.61. The first-order valence-corrected chi connectivity index (χ1v) is 12.3. The van der Waals surface area contributed by atoms with Gasteiger partial charge in [0.1, 0.15) is 23.5 Å². The molecule has 34 heavy (non-hydrogen) atoms. The van der Waals surface area contributed by atoms with Crippen LogP contribution < -0.4 is 10.6 Å². The lowest BCUT2D eigenvalue weighted by atomic mass is 9.98. The third-order valence-corrected chi connectivity index (χ3v) is 7.25. The molecule has 3 aliphatic rings. The molecule has 2 unspecified atom stereocenters. The lowest BCUT2D eigenvalue weighted by Gasteiger charge is -2.48. The second-order valence-corrected chi connectivity index (χ2v) is 9.61. The molecule has 2 fully saturated rings. The van der Waals surface area contributed by atoms with Crippen molar-refractivity contribution < 1.29 is 14.6 Å². The SMILES string of the molecule is C=C(NCC)C1=CNC(N2CCN(C3CCN(Cc4ccc(O)cc4F)CC3)C(C)C2)C(O)=C1. The smallest absolute Gasteiger partial charge is 0.138 e. The zero-order valence-corrected chi connectivity index (χ0v) is 20.3. The number of benzene rings is 1. The van der Waals surface area contributed by atoms with E-state index in [1.54, 1.807) is 18.2 Å². The van der Waals surface area contributed by atoms with Crippen LogP contribution in [0.25, 0.3) is 0 Å². The number of piperazine rings is 1. The number of aromatic hydroxyl groups is 1. The molecule has 186 valence electrons. The van der Waals surface area contributed by atoms with E-state index in [-0.39, 0.29) is 17.7 Å². The van der Waals surface area contributed by atoms with Crippen LogP contribution in [0.5, 0.6) is 5.75 Å². The van der Waals surface area contributed by atoms with Crippen LogP contribution in [0.3, 0.4) is 0 Å². The number of piperidine rings is 1. The summed E-state index contributed by atoms with van der Waals surface area (Å²) < 4.78 is 14.1. The van der Waals surface area contributed by atoms with Gasteiger partial charge in [0.15, 0.2) is 0 Å². The Balaban J connectivity index is 1.27. The first-order chi connectivity index (χ1) is 16.4. The molecule has 0 saturated carbocycles. The Morgan fingerprint density at radius 2 is 1.97 bits per heavy atom. The van der Waals surface area contributed by atoms with Crippen LogP contribution in [0, 0.1) is 5.82 Å². The number of likely N-dealkylation sites (N-methyl/N-ethyl adjacent to an activating group) is 1. The molecule has 4 rings (SSSR count). The predicted octanol–water partition coefficient (Wildman–Crippen LogP) is 2.88. The second kappa shape index (κ2) is 10.8. The fourth-order valence-corrected chi connectivity index (χ4v) is 5.41. The minimum Gasteiger partial charge on any atom is -0.509 e. The van der Waals surface area contributed by atoms with E-state index in [9.17, 15) is 14.6 Å². The van der Waals surface area contributed by atoms with Gasteiger partial charge in [-0.3, -0.25) is 14.7 Å². The van der Waals surface area contributed by atoms with Gasteiger partial charge in [0.05, 0.1) is 0 Å². The Kier molecular flexibility index (Phi) is 7.80. The van der Waals surface area contributed by atoms with Crippen LogP contribution in [-0.2, 0) is 6.54 Å². The zero-order chi connectivity index (χ0) is 24.2. The van der Waals surface area contributed by atoms with Crippen molar-refractivity contribution in [2.75, 3.05) is 39.3 Å². The van der Waals surface area contributed by atoms with E-state index in [2.05, 4.69) is 38.8 Å². The molecule has 0 spiro atoms. The van der Waals surface area contributed by atoms with Crippen molar-refractivity contribution in [3.63, 3.8) is 0 Å². The fraction of sp³-hybridized carbons (Fsp3) is 0.538. The number of hydrogen-bond acceptors (Lipinski definition) is 7. The number of nitrogens with zero attached hydrogens (tertiary/aromatic N) is 3. The molecule has 2 atom stereocenters. The standard InChI is InChI=1S/C26H38FN5O2/c1-4-28-19(3)21-13-25(34)26(29-15-21)31-11-12-32(18(2)16-31)22-7-9-30(10-8-22)17-20-5-6-23(33)14-24(20)27/h5-6,13-15,18,22,26,28-29,33-34H,3-4,7-12,16-17H2,1-2H3. The first-order valence-electron chi connectivity index (χ1n) is 12.3. The van der Waals surface area contributed by atoms with Gasteiger partial charge >= 0.3 is 0 Å². The van der Waals surface area contributed by atoms with Gasteiger partial charge in [-0.05, 0) is 51.9 Å². The monoisotopic (exact) mass is 471 g/mol.